The lowest BCUT2D eigenvalue weighted by Gasteiger charge is -2.34. The second-order valence-electron chi connectivity index (χ2n) is 6.17. The summed E-state index contributed by atoms with van der Waals surface area (Å²) in [6, 6.07) is 0.583. The van der Waals surface area contributed by atoms with E-state index in [1.54, 1.807) is 0 Å². The van der Waals surface area contributed by atoms with E-state index in [0.29, 0.717) is 6.04 Å². The highest BCUT2D eigenvalue weighted by Crippen LogP contribution is 2.17. The van der Waals surface area contributed by atoms with E-state index in [-0.39, 0.29) is 12.1 Å². The van der Waals surface area contributed by atoms with Gasteiger partial charge in [-0.05, 0) is 59.9 Å². The van der Waals surface area contributed by atoms with Crippen LogP contribution in [0.15, 0.2) is 0 Å². The summed E-state index contributed by atoms with van der Waals surface area (Å²) in [5, 5.41) is 13.1. The summed E-state index contributed by atoms with van der Waals surface area (Å²) in [6.45, 7) is 13.2. The lowest BCUT2D eigenvalue weighted by molar-refractivity contribution is 0.131. The topological polar surface area (TPSA) is 38.7 Å². The predicted octanol–water partition coefficient (Wildman–Crippen LogP) is 1.79. The smallest absolute Gasteiger partial charge is 0.0613 e. The fourth-order valence-electron chi connectivity index (χ4n) is 2.97. The van der Waals surface area contributed by atoms with Crippen LogP contribution in [-0.4, -0.2) is 73.4 Å². The van der Waals surface area contributed by atoms with Gasteiger partial charge in [0.1, 0.15) is 0 Å². The molecule has 0 aromatic rings. The van der Waals surface area contributed by atoms with E-state index < -0.39 is 0 Å². The normalized spacial score (nSPS) is 16.6. The van der Waals surface area contributed by atoms with Gasteiger partial charge in [0, 0.05) is 18.1 Å². The van der Waals surface area contributed by atoms with E-state index in [2.05, 4.69) is 56.9 Å². The average molecular weight is 287 g/mol. The molecule has 0 bridgehead atoms. The van der Waals surface area contributed by atoms with Crippen LogP contribution in [0.4, 0.5) is 0 Å². The van der Waals surface area contributed by atoms with E-state index in [1.807, 2.05) is 0 Å². The van der Waals surface area contributed by atoms with Crippen LogP contribution in [-0.2, 0) is 0 Å². The molecular weight excluding hydrogens is 250 g/mol. The molecule has 20 heavy (non-hydrogen) atoms. The summed E-state index contributed by atoms with van der Waals surface area (Å²) in [5.41, 5.74) is -0.0844. The van der Waals surface area contributed by atoms with Gasteiger partial charge in [0.05, 0.1) is 6.61 Å². The molecule has 0 aromatic carbocycles. The molecule has 0 aliphatic rings. The maximum atomic E-state index is 9.68. The Bertz CT molecular complexity index is 230. The molecule has 0 radical (unpaired) electrons. The molecule has 4 heteroatoms. The quantitative estimate of drug-likeness (QED) is 0.574. The third-order valence-electron chi connectivity index (χ3n) is 4.29. The standard InChI is InChI=1S/C16H37N3O/c1-7-16(14-20,17-8-2)11-10-12-19(9-3)15(4)13-18(5)6/h15,17,20H,7-14H2,1-6H3. The summed E-state index contributed by atoms with van der Waals surface area (Å²) in [5.74, 6) is 0. The van der Waals surface area contributed by atoms with Crippen LogP contribution >= 0.6 is 0 Å². The number of aliphatic hydroxyl groups excluding tert-OH is 1. The molecule has 0 spiro atoms. The summed E-state index contributed by atoms with van der Waals surface area (Å²) in [4.78, 5) is 4.78. The van der Waals surface area contributed by atoms with E-state index in [1.165, 1.54) is 0 Å². The lowest BCUT2D eigenvalue weighted by atomic mass is 9.91. The molecule has 0 amide bonds. The second-order valence-corrected chi connectivity index (χ2v) is 6.17. The van der Waals surface area contributed by atoms with Crippen molar-refractivity contribution in [2.45, 2.75) is 58.5 Å². The van der Waals surface area contributed by atoms with Crippen molar-refractivity contribution in [3.8, 4) is 0 Å². The Kier molecular flexibility index (Phi) is 10.5. The van der Waals surface area contributed by atoms with Gasteiger partial charge in [0.15, 0.2) is 0 Å². The summed E-state index contributed by atoms with van der Waals surface area (Å²) < 4.78 is 0. The maximum Gasteiger partial charge on any atom is 0.0613 e. The van der Waals surface area contributed by atoms with Crippen LogP contribution in [0.25, 0.3) is 0 Å². The van der Waals surface area contributed by atoms with Crippen molar-refractivity contribution in [1.82, 2.24) is 15.1 Å². The van der Waals surface area contributed by atoms with Crippen molar-refractivity contribution in [2.24, 2.45) is 0 Å². The summed E-state index contributed by atoms with van der Waals surface area (Å²) in [7, 11) is 4.26. The molecule has 0 heterocycles. The molecule has 0 fully saturated rings. The highest BCUT2D eigenvalue weighted by Gasteiger charge is 2.25. The zero-order valence-corrected chi connectivity index (χ0v) is 14.6. The SMILES string of the molecule is CCNC(CC)(CO)CCCN(CC)C(C)CN(C)C. The number of aliphatic hydroxyl groups is 1. The number of hydrogen-bond acceptors (Lipinski definition) is 4. The van der Waals surface area contributed by atoms with Gasteiger partial charge in [-0.15, -0.1) is 0 Å². The Morgan fingerprint density at radius 1 is 1.20 bits per heavy atom. The molecule has 2 atom stereocenters. The van der Waals surface area contributed by atoms with Gasteiger partial charge >= 0.3 is 0 Å². The monoisotopic (exact) mass is 287 g/mol. The number of nitrogens with one attached hydrogen (secondary N) is 1. The van der Waals surface area contributed by atoms with Crippen LogP contribution in [0.2, 0.25) is 0 Å². The summed E-state index contributed by atoms with van der Waals surface area (Å²) in [6.07, 6.45) is 3.16. The molecule has 0 aliphatic heterocycles. The molecule has 2 N–H and O–H groups in total. The van der Waals surface area contributed by atoms with Gasteiger partial charge in [0.2, 0.25) is 0 Å². The van der Waals surface area contributed by atoms with Gasteiger partial charge in [-0.1, -0.05) is 20.8 Å². The zero-order chi connectivity index (χ0) is 15.6. The first-order valence-electron chi connectivity index (χ1n) is 8.19. The molecule has 0 rings (SSSR count). The maximum absolute atomic E-state index is 9.68. The summed E-state index contributed by atoms with van der Waals surface area (Å²) >= 11 is 0. The first kappa shape index (κ1) is 19.8. The van der Waals surface area contributed by atoms with Crippen LogP contribution < -0.4 is 5.32 Å². The average Bonchev–Trinajstić information content (AvgIpc) is 2.41. The zero-order valence-electron chi connectivity index (χ0n) is 14.6. The Morgan fingerprint density at radius 2 is 1.85 bits per heavy atom. The van der Waals surface area contributed by atoms with E-state index in [0.717, 1.165) is 45.4 Å². The van der Waals surface area contributed by atoms with E-state index in [9.17, 15) is 5.11 Å². The number of hydrogen-bond donors (Lipinski definition) is 2. The van der Waals surface area contributed by atoms with Crippen molar-refractivity contribution >= 4 is 0 Å². The van der Waals surface area contributed by atoms with Gasteiger partial charge in [-0.3, -0.25) is 4.90 Å². The number of nitrogens with zero attached hydrogens (tertiary/aromatic N) is 2. The predicted molar refractivity (Wildman–Crippen MR) is 88.3 cm³/mol. The van der Waals surface area contributed by atoms with E-state index in [4.69, 9.17) is 0 Å². The second kappa shape index (κ2) is 10.6. The minimum absolute atomic E-state index is 0.0844. The molecule has 0 saturated carbocycles. The number of rotatable bonds is 12. The lowest BCUT2D eigenvalue weighted by Crippen LogP contribution is -2.48. The molecule has 0 aromatic heterocycles. The molecule has 2 unspecified atom stereocenters. The molecule has 0 aliphatic carbocycles. The Labute approximate surface area is 126 Å². The highest BCUT2D eigenvalue weighted by atomic mass is 16.3. The minimum atomic E-state index is -0.0844. The van der Waals surface area contributed by atoms with Crippen molar-refractivity contribution in [3.63, 3.8) is 0 Å². The van der Waals surface area contributed by atoms with Gasteiger partial charge in [0.25, 0.3) is 0 Å². The van der Waals surface area contributed by atoms with Gasteiger partial charge in [-0.25, -0.2) is 0 Å². The molecule has 4 nitrogen and oxygen atoms in total. The molecule has 0 saturated heterocycles. The van der Waals surface area contributed by atoms with Crippen LogP contribution in [0.3, 0.4) is 0 Å². The third-order valence-corrected chi connectivity index (χ3v) is 4.29. The fraction of sp³-hybridized carbons (Fsp3) is 1.00. The Balaban J connectivity index is 4.28. The largest absolute Gasteiger partial charge is 0.394 e. The van der Waals surface area contributed by atoms with E-state index >= 15 is 0 Å². The number of likely N-dealkylation sites (N-methyl/N-ethyl adjacent to an activating group) is 3. The highest BCUT2D eigenvalue weighted by molar-refractivity contribution is 4.86. The van der Waals surface area contributed by atoms with Crippen LogP contribution in [0.5, 0.6) is 0 Å². The minimum Gasteiger partial charge on any atom is -0.394 e. The van der Waals surface area contributed by atoms with Crippen LogP contribution in [0, 0.1) is 0 Å². The first-order chi connectivity index (χ1) is 9.44. The van der Waals surface area contributed by atoms with Crippen molar-refractivity contribution in [3.05, 3.63) is 0 Å². The molecule has 122 valence electrons. The molecular formula is C16H37N3O. The fourth-order valence-corrected chi connectivity index (χ4v) is 2.97. The van der Waals surface area contributed by atoms with Crippen LogP contribution in [0.1, 0.15) is 47.0 Å². The first-order valence-corrected chi connectivity index (χ1v) is 8.19. The van der Waals surface area contributed by atoms with Gasteiger partial charge in [-0.2, -0.15) is 0 Å². The third kappa shape index (κ3) is 7.02. The van der Waals surface area contributed by atoms with Crippen molar-refractivity contribution in [2.75, 3.05) is 46.9 Å². The van der Waals surface area contributed by atoms with Crippen molar-refractivity contribution in [1.29, 1.82) is 0 Å². The Hall–Kier alpha value is -0.160. The Morgan fingerprint density at radius 3 is 2.25 bits per heavy atom. The van der Waals surface area contributed by atoms with Gasteiger partial charge < -0.3 is 15.3 Å². The van der Waals surface area contributed by atoms with Crippen molar-refractivity contribution < 1.29 is 5.11 Å².